The second-order valence-corrected chi connectivity index (χ2v) is 11.3. The first-order valence-corrected chi connectivity index (χ1v) is 12.3. The molecule has 0 bridgehead atoms. The van der Waals surface area contributed by atoms with E-state index in [1.807, 2.05) is 70.2 Å². The molecule has 0 aromatic heterocycles. The molecule has 0 radical (unpaired) electrons. The third-order valence-electron chi connectivity index (χ3n) is 6.44. The number of rotatable bonds is 7. The molecule has 3 atom stereocenters. The first-order valence-electron chi connectivity index (χ1n) is 11.4. The molecule has 1 fully saturated rings. The van der Waals surface area contributed by atoms with E-state index in [9.17, 15) is 14.4 Å². The smallest absolute Gasteiger partial charge is 0.256 e. The van der Waals surface area contributed by atoms with E-state index in [4.69, 9.17) is 4.74 Å². The zero-order chi connectivity index (χ0) is 24.6. The Morgan fingerprint density at radius 3 is 2.50 bits per heavy atom. The predicted octanol–water partition coefficient (Wildman–Crippen LogP) is 3.50. The molecule has 0 spiro atoms. The van der Waals surface area contributed by atoms with Crippen LogP contribution in [0.2, 0.25) is 0 Å². The Morgan fingerprint density at radius 2 is 1.79 bits per heavy atom. The SMILES string of the molecule is COc1ccccc1CNC(=O)[C@@H](NC(=O)[C@@H]1N2C(=O)c3ccccc3[C@@H]2SC1(C)C)C(C)C. The van der Waals surface area contributed by atoms with Crippen molar-refractivity contribution < 1.29 is 19.1 Å². The van der Waals surface area contributed by atoms with Gasteiger partial charge in [-0.05, 0) is 37.5 Å². The van der Waals surface area contributed by atoms with Gasteiger partial charge in [-0.3, -0.25) is 14.4 Å². The van der Waals surface area contributed by atoms with Crippen LogP contribution in [0.1, 0.15) is 54.6 Å². The van der Waals surface area contributed by atoms with Crippen LogP contribution in [0.15, 0.2) is 48.5 Å². The highest BCUT2D eigenvalue weighted by Crippen LogP contribution is 2.56. The van der Waals surface area contributed by atoms with E-state index in [1.165, 1.54) is 0 Å². The molecule has 2 aliphatic heterocycles. The molecule has 1 saturated heterocycles. The lowest BCUT2D eigenvalue weighted by molar-refractivity contribution is -0.132. The number of amides is 3. The molecule has 34 heavy (non-hydrogen) atoms. The largest absolute Gasteiger partial charge is 0.496 e. The monoisotopic (exact) mass is 481 g/mol. The first-order chi connectivity index (χ1) is 16.2. The van der Waals surface area contributed by atoms with Gasteiger partial charge in [0.25, 0.3) is 5.91 Å². The second-order valence-electron chi connectivity index (χ2n) is 9.54. The molecule has 8 heteroatoms. The Morgan fingerprint density at radius 1 is 1.12 bits per heavy atom. The summed E-state index contributed by atoms with van der Waals surface area (Å²) in [5, 5.41) is 5.67. The number of carbonyl (C=O) groups excluding carboxylic acids is 3. The van der Waals surface area contributed by atoms with Crippen molar-refractivity contribution >= 4 is 29.5 Å². The molecule has 2 aromatic carbocycles. The van der Waals surface area contributed by atoms with E-state index in [1.54, 1.807) is 29.8 Å². The maximum absolute atomic E-state index is 13.6. The van der Waals surface area contributed by atoms with Crippen LogP contribution in [0.4, 0.5) is 0 Å². The Labute approximate surface area is 204 Å². The van der Waals surface area contributed by atoms with Gasteiger partial charge in [0.1, 0.15) is 23.2 Å². The molecule has 2 aromatic rings. The zero-order valence-electron chi connectivity index (χ0n) is 20.1. The quantitative estimate of drug-likeness (QED) is 0.632. The number of hydrogen-bond acceptors (Lipinski definition) is 5. The third kappa shape index (κ3) is 4.27. The Kier molecular flexibility index (Phi) is 6.62. The summed E-state index contributed by atoms with van der Waals surface area (Å²) in [7, 11) is 1.59. The van der Waals surface area contributed by atoms with Crippen LogP contribution >= 0.6 is 11.8 Å². The van der Waals surface area contributed by atoms with E-state index >= 15 is 0 Å². The number of hydrogen-bond donors (Lipinski definition) is 2. The Bertz CT molecular complexity index is 1120. The number of thioether (sulfide) groups is 1. The van der Waals surface area contributed by atoms with Gasteiger partial charge in [0.05, 0.1) is 7.11 Å². The van der Waals surface area contributed by atoms with Crippen molar-refractivity contribution in [1.82, 2.24) is 15.5 Å². The van der Waals surface area contributed by atoms with Crippen LogP contribution in [0.3, 0.4) is 0 Å². The van der Waals surface area contributed by atoms with Crippen LogP contribution in [0, 0.1) is 5.92 Å². The van der Waals surface area contributed by atoms with Gasteiger partial charge in [-0.2, -0.15) is 0 Å². The van der Waals surface area contributed by atoms with Gasteiger partial charge in [0.15, 0.2) is 0 Å². The number of carbonyl (C=O) groups is 3. The van der Waals surface area contributed by atoms with Crippen molar-refractivity contribution in [3.63, 3.8) is 0 Å². The summed E-state index contributed by atoms with van der Waals surface area (Å²) in [5.41, 5.74) is 2.43. The fourth-order valence-corrected chi connectivity index (χ4v) is 6.30. The predicted molar refractivity (Wildman–Crippen MR) is 132 cm³/mol. The average Bonchev–Trinajstić information content (AvgIpc) is 3.24. The average molecular weight is 482 g/mol. The van der Waals surface area contributed by atoms with Gasteiger partial charge in [0, 0.05) is 22.4 Å². The van der Waals surface area contributed by atoms with Crippen molar-refractivity contribution in [2.45, 2.75) is 56.4 Å². The lowest BCUT2D eigenvalue weighted by atomic mass is 9.98. The van der Waals surface area contributed by atoms with E-state index in [2.05, 4.69) is 10.6 Å². The van der Waals surface area contributed by atoms with Crippen molar-refractivity contribution in [1.29, 1.82) is 0 Å². The highest BCUT2D eigenvalue weighted by Gasteiger charge is 2.57. The third-order valence-corrected chi connectivity index (χ3v) is 7.97. The molecule has 4 rings (SSSR count). The molecular weight excluding hydrogens is 450 g/mol. The van der Waals surface area contributed by atoms with Gasteiger partial charge in [0.2, 0.25) is 11.8 Å². The molecule has 0 aliphatic carbocycles. The number of fused-ring (bicyclic) bond motifs is 3. The summed E-state index contributed by atoms with van der Waals surface area (Å²) in [5.74, 6) is -0.171. The number of nitrogens with one attached hydrogen (secondary N) is 2. The second kappa shape index (κ2) is 9.33. The molecule has 3 amide bonds. The van der Waals surface area contributed by atoms with Crippen LogP contribution in [0.5, 0.6) is 5.75 Å². The normalized spacial score (nSPS) is 21.1. The van der Waals surface area contributed by atoms with Crippen molar-refractivity contribution in [3.8, 4) is 5.75 Å². The highest BCUT2D eigenvalue weighted by molar-refractivity contribution is 8.01. The number of ether oxygens (including phenoxy) is 1. The number of para-hydroxylation sites is 1. The van der Waals surface area contributed by atoms with Crippen molar-refractivity contribution in [2.24, 2.45) is 5.92 Å². The van der Waals surface area contributed by atoms with Gasteiger partial charge < -0.3 is 20.3 Å². The van der Waals surface area contributed by atoms with Crippen molar-refractivity contribution in [3.05, 3.63) is 65.2 Å². The summed E-state index contributed by atoms with van der Waals surface area (Å²) in [6, 6.07) is 13.6. The topological polar surface area (TPSA) is 87.7 Å². The Balaban J connectivity index is 1.50. The molecule has 0 saturated carbocycles. The van der Waals surface area contributed by atoms with Gasteiger partial charge in [-0.1, -0.05) is 50.2 Å². The maximum atomic E-state index is 13.6. The highest BCUT2D eigenvalue weighted by atomic mass is 32.2. The van der Waals surface area contributed by atoms with Crippen LogP contribution in [0.25, 0.3) is 0 Å². The molecule has 2 heterocycles. The molecular formula is C26H31N3O4S. The molecule has 7 nitrogen and oxygen atoms in total. The Hall–Kier alpha value is -3.00. The number of nitrogens with zero attached hydrogens (tertiary/aromatic N) is 1. The van der Waals surface area contributed by atoms with Crippen molar-refractivity contribution in [2.75, 3.05) is 7.11 Å². The van der Waals surface area contributed by atoms with Gasteiger partial charge in [-0.25, -0.2) is 0 Å². The summed E-state index contributed by atoms with van der Waals surface area (Å²) >= 11 is 1.61. The summed E-state index contributed by atoms with van der Waals surface area (Å²) in [4.78, 5) is 41.5. The zero-order valence-corrected chi connectivity index (χ0v) is 20.9. The summed E-state index contributed by atoms with van der Waals surface area (Å²) in [6.45, 7) is 8.02. The minimum atomic E-state index is -0.734. The fraction of sp³-hybridized carbons (Fsp3) is 0.423. The number of methoxy groups -OCH3 is 1. The maximum Gasteiger partial charge on any atom is 0.256 e. The fourth-order valence-electron chi connectivity index (χ4n) is 4.71. The van der Waals surface area contributed by atoms with E-state index < -0.39 is 16.8 Å². The molecule has 180 valence electrons. The van der Waals surface area contributed by atoms with Gasteiger partial charge >= 0.3 is 0 Å². The summed E-state index contributed by atoms with van der Waals surface area (Å²) < 4.78 is 4.85. The lowest BCUT2D eigenvalue weighted by Gasteiger charge is -2.32. The molecule has 0 unspecified atom stereocenters. The van der Waals surface area contributed by atoms with Gasteiger partial charge in [-0.15, -0.1) is 11.8 Å². The molecule has 2 aliphatic rings. The lowest BCUT2D eigenvalue weighted by Crippen LogP contribution is -2.58. The molecule has 2 N–H and O–H groups in total. The van der Waals surface area contributed by atoms with E-state index in [0.717, 1.165) is 11.1 Å². The van der Waals surface area contributed by atoms with Crippen LogP contribution in [-0.2, 0) is 16.1 Å². The van der Waals surface area contributed by atoms with Crippen LogP contribution in [-0.4, -0.2) is 46.6 Å². The first kappa shape index (κ1) is 24.1. The number of benzene rings is 2. The van der Waals surface area contributed by atoms with E-state index in [0.29, 0.717) is 11.3 Å². The minimum absolute atomic E-state index is 0.138. The van der Waals surface area contributed by atoms with Crippen LogP contribution < -0.4 is 15.4 Å². The standard InChI is InChI=1S/C26H31N3O4S/c1-15(2)20(22(30)27-14-16-10-6-9-13-19(16)33-5)28-23(31)21-26(3,4)34-25-18-12-8-7-11-17(18)24(32)29(21)25/h6-13,15,20-21,25H,14H2,1-5H3,(H,27,30)(H,28,31)/t20-,21-,25-/m0/s1. The minimum Gasteiger partial charge on any atom is -0.496 e. The summed E-state index contributed by atoms with van der Waals surface area (Å²) in [6.07, 6.45) is 0. The van der Waals surface area contributed by atoms with E-state index in [-0.39, 0.29) is 35.6 Å².